The van der Waals surface area contributed by atoms with Gasteiger partial charge in [-0.25, -0.2) is 0 Å². The molecular weight excluding hydrogens is 250 g/mol. The SMILES string of the molecule is NCCC1SC=C(NC=O)N1Cc1cccnn1. The molecule has 1 aliphatic rings. The second-order valence-corrected chi connectivity index (χ2v) is 4.83. The van der Waals surface area contributed by atoms with Crippen molar-refractivity contribution in [2.45, 2.75) is 18.3 Å². The molecule has 7 heteroatoms. The smallest absolute Gasteiger partial charge is 0.212 e. The van der Waals surface area contributed by atoms with Gasteiger partial charge in [0.1, 0.15) is 5.82 Å². The molecule has 0 bridgehead atoms. The Kier molecular flexibility index (Phi) is 4.54. The number of nitrogens with one attached hydrogen (secondary N) is 1. The molecule has 1 aliphatic heterocycles. The average Bonchev–Trinajstić information content (AvgIpc) is 2.75. The lowest BCUT2D eigenvalue weighted by molar-refractivity contribution is -0.109. The lowest BCUT2D eigenvalue weighted by Crippen LogP contribution is -2.35. The molecular formula is C11H15N5OS. The van der Waals surface area contributed by atoms with Crippen molar-refractivity contribution in [2.75, 3.05) is 6.54 Å². The maximum atomic E-state index is 10.6. The first kappa shape index (κ1) is 12.8. The first-order valence-corrected chi connectivity index (χ1v) is 6.58. The maximum absolute atomic E-state index is 10.6. The van der Waals surface area contributed by atoms with Gasteiger partial charge in [0.05, 0.1) is 17.6 Å². The Morgan fingerprint density at radius 3 is 3.17 bits per heavy atom. The summed E-state index contributed by atoms with van der Waals surface area (Å²) >= 11 is 1.66. The van der Waals surface area contributed by atoms with E-state index in [1.807, 2.05) is 17.5 Å². The van der Waals surface area contributed by atoms with Gasteiger partial charge < -0.3 is 16.0 Å². The van der Waals surface area contributed by atoms with E-state index in [0.717, 1.165) is 17.9 Å². The molecule has 1 unspecified atom stereocenters. The number of rotatable bonds is 6. The van der Waals surface area contributed by atoms with Crippen LogP contribution in [0.1, 0.15) is 12.1 Å². The third kappa shape index (κ3) is 2.99. The van der Waals surface area contributed by atoms with Crippen molar-refractivity contribution in [3.05, 3.63) is 35.3 Å². The summed E-state index contributed by atoms with van der Waals surface area (Å²) in [5.74, 6) is 0.791. The number of carbonyl (C=O) groups is 1. The molecule has 0 fully saturated rings. The average molecular weight is 265 g/mol. The van der Waals surface area contributed by atoms with Gasteiger partial charge in [0.25, 0.3) is 0 Å². The maximum Gasteiger partial charge on any atom is 0.212 e. The van der Waals surface area contributed by atoms with Crippen LogP contribution >= 0.6 is 11.8 Å². The molecule has 1 amide bonds. The minimum absolute atomic E-state index is 0.236. The number of hydrogen-bond donors (Lipinski definition) is 2. The van der Waals surface area contributed by atoms with Crippen LogP contribution in [0.3, 0.4) is 0 Å². The van der Waals surface area contributed by atoms with E-state index in [1.54, 1.807) is 18.0 Å². The topological polar surface area (TPSA) is 84.1 Å². The van der Waals surface area contributed by atoms with Gasteiger partial charge >= 0.3 is 0 Å². The van der Waals surface area contributed by atoms with E-state index in [-0.39, 0.29) is 5.37 Å². The summed E-state index contributed by atoms with van der Waals surface area (Å²) in [5.41, 5.74) is 6.46. The number of thioether (sulfide) groups is 1. The highest BCUT2D eigenvalue weighted by atomic mass is 32.2. The van der Waals surface area contributed by atoms with Crippen molar-refractivity contribution in [2.24, 2.45) is 5.73 Å². The predicted octanol–water partition coefficient (Wildman–Crippen LogP) is 0.245. The van der Waals surface area contributed by atoms with Gasteiger partial charge in [-0.15, -0.1) is 11.8 Å². The Labute approximate surface area is 110 Å². The van der Waals surface area contributed by atoms with Crippen molar-refractivity contribution >= 4 is 18.2 Å². The molecule has 2 heterocycles. The molecule has 2 rings (SSSR count). The van der Waals surface area contributed by atoms with Crippen molar-refractivity contribution in [3.63, 3.8) is 0 Å². The summed E-state index contributed by atoms with van der Waals surface area (Å²) in [6.07, 6.45) is 3.17. The van der Waals surface area contributed by atoms with Gasteiger partial charge in [-0.3, -0.25) is 4.79 Å². The Hall–Kier alpha value is -1.60. The molecule has 6 nitrogen and oxygen atoms in total. The van der Waals surface area contributed by atoms with E-state index < -0.39 is 0 Å². The zero-order valence-electron chi connectivity index (χ0n) is 9.82. The molecule has 1 atom stereocenters. The van der Waals surface area contributed by atoms with Gasteiger partial charge in [0.15, 0.2) is 0 Å². The monoisotopic (exact) mass is 265 g/mol. The van der Waals surface area contributed by atoms with E-state index >= 15 is 0 Å². The zero-order valence-corrected chi connectivity index (χ0v) is 10.6. The lowest BCUT2D eigenvalue weighted by Gasteiger charge is -2.27. The Bertz CT molecular complexity index is 425. The molecule has 0 spiro atoms. The van der Waals surface area contributed by atoms with Crippen LogP contribution < -0.4 is 11.1 Å². The van der Waals surface area contributed by atoms with Gasteiger partial charge in [0, 0.05) is 11.6 Å². The highest BCUT2D eigenvalue weighted by Gasteiger charge is 2.26. The fraction of sp³-hybridized carbons (Fsp3) is 0.364. The summed E-state index contributed by atoms with van der Waals surface area (Å²) in [5, 5.41) is 12.8. The highest BCUT2D eigenvalue weighted by molar-refractivity contribution is 8.02. The van der Waals surface area contributed by atoms with E-state index in [9.17, 15) is 4.79 Å². The molecule has 0 saturated heterocycles. The molecule has 0 radical (unpaired) electrons. The zero-order chi connectivity index (χ0) is 12.8. The van der Waals surface area contributed by atoms with Crippen LogP contribution in [0.2, 0.25) is 0 Å². The van der Waals surface area contributed by atoms with Crippen LogP contribution in [-0.4, -0.2) is 33.4 Å². The summed E-state index contributed by atoms with van der Waals surface area (Å²) < 4.78 is 0. The molecule has 3 N–H and O–H groups in total. The molecule has 18 heavy (non-hydrogen) atoms. The number of amides is 1. The number of aromatic nitrogens is 2. The van der Waals surface area contributed by atoms with Crippen LogP contribution in [-0.2, 0) is 11.3 Å². The van der Waals surface area contributed by atoms with Crippen LogP contribution in [0, 0.1) is 0 Å². The van der Waals surface area contributed by atoms with E-state index in [0.29, 0.717) is 19.5 Å². The predicted molar refractivity (Wildman–Crippen MR) is 69.9 cm³/mol. The van der Waals surface area contributed by atoms with Crippen LogP contribution in [0.25, 0.3) is 0 Å². The van der Waals surface area contributed by atoms with Crippen LogP contribution in [0.5, 0.6) is 0 Å². The minimum Gasteiger partial charge on any atom is -0.339 e. The van der Waals surface area contributed by atoms with E-state index in [1.165, 1.54) is 0 Å². The quantitative estimate of drug-likeness (QED) is 0.717. The van der Waals surface area contributed by atoms with Gasteiger partial charge in [0.2, 0.25) is 6.41 Å². The summed E-state index contributed by atoms with van der Waals surface area (Å²) in [7, 11) is 0. The Balaban J connectivity index is 2.09. The number of hydrogen-bond acceptors (Lipinski definition) is 6. The normalized spacial score (nSPS) is 18.6. The molecule has 96 valence electrons. The Morgan fingerprint density at radius 2 is 2.50 bits per heavy atom. The van der Waals surface area contributed by atoms with Gasteiger partial charge in [-0.2, -0.15) is 10.2 Å². The van der Waals surface area contributed by atoms with E-state index in [4.69, 9.17) is 5.73 Å². The summed E-state index contributed by atoms with van der Waals surface area (Å²) in [6.45, 7) is 1.22. The van der Waals surface area contributed by atoms with Crippen molar-refractivity contribution < 1.29 is 4.79 Å². The summed E-state index contributed by atoms with van der Waals surface area (Å²) in [4.78, 5) is 12.7. The van der Waals surface area contributed by atoms with Crippen molar-refractivity contribution in [3.8, 4) is 0 Å². The van der Waals surface area contributed by atoms with E-state index in [2.05, 4.69) is 20.4 Å². The fourth-order valence-corrected chi connectivity index (χ4v) is 2.86. The first-order chi connectivity index (χ1) is 8.85. The van der Waals surface area contributed by atoms with Crippen molar-refractivity contribution in [1.82, 2.24) is 20.4 Å². The molecule has 1 aromatic heterocycles. The fourth-order valence-electron chi connectivity index (χ4n) is 1.76. The van der Waals surface area contributed by atoms with Crippen LogP contribution in [0.4, 0.5) is 0 Å². The third-order valence-corrected chi connectivity index (χ3v) is 3.74. The second-order valence-electron chi connectivity index (χ2n) is 3.78. The second kappa shape index (κ2) is 6.36. The largest absolute Gasteiger partial charge is 0.339 e. The molecule has 1 aromatic rings. The molecule has 0 aromatic carbocycles. The lowest BCUT2D eigenvalue weighted by atomic mass is 10.3. The minimum atomic E-state index is 0.236. The van der Waals surface area contributed by atoms with Crippen LogP contribution in [0.15, 0.2) is 29.6 Å². The third-order valence-electron chi connectivity index (χ3n) is 2.57. The Morgan fingerprint density at radius 1 is 1.61 bits per heavy atom. The highest BCUT2D eigenvalue weighted by Crippen LogP contribution is 2.32. The standard InChI is InChI=1S/C11H15N5OS/c12-4-3-11-16(10(7-18-11)13-8-17)6-9-2-1-5-14-15-9/h1-2,5,7-8,11H,3-4,6,12H2,(H,13,17). The summed E-state index contributed by atoms with van der Waals surface area (Å²) in [6, 6.07) is 3.76. The van der Waals surface area contributed by atoms with Gasteiger partial charge in [-0.05, 0) is 25.1 Å². The number of carbonyl (C=O) groups excluding carboxylic acids is 1. The molecule has 0 saturated carbocycles. The van der Waals surface area contributed by atoms with Gasteiger partial charge in [-0.1, -0.05) is 0 Å². The number of nitrogens with zero attached hydrogens (tertiary/aromatic N) is 3. The molecule has 0 aliphatic carbocycles. The number of nitrogens with two attached hydrogens (primary N) is 1. The first-order valence-electron chi connectivity index (χ1n) is 5.64. The van der Waals surface area contributed by atoms with Crippen molar-refractivity contribution in [1.29, 1.82) is 0 Å².